The van der Waals surface area contributed by atoms with Crippen LogP contribution in [0.25, 0.3) is 0 Å². The van der Waals surface area contributed by atoms with Gasteiger partial charge in [0, 0.05) is 11.0 Å². The first-order chi connectivity index (χ1) is 9.00. The van der Waals surface area contributed by atoms with Gasteiger partial charge in [-0.05, 0) is 71.9 Å². The molecule has 0 aromatic heterocycles. The van der Waals surface area contributed by atoms with Crippen LogP contribution < -0.4 is 10.6 Å². The number of carbonyl (C=O) groups is 1. The van der Waals surface area contributed by atoms with Crippen LogP contribution in [-0.4, -0.2) is 25.5 Å². The van der Waals surface area contributed by atoms with Gasteiger partial charge in [-0.2, -0.15) is 0 Å². The third kappa shape index (κ3) is 4.47. The number of aryl methyl sites for hydroxylation is 1. The minimum Gasteiger partial charge on any atom is -0.351 e. The van der Waals surface area contributed by atoms with Crippen molar-refractivity contribution in [2.45, 2.75) is 26.7 Å². The van der Waals surface area contributed by atoms with Crippen molar-refractivity contribution in [2.24, 2.45) is 5.41 Å². The Morgan fingerprint density at radius 3 is 2.65 bits per heavy atom. The molecular formula is C15H22BrClN2O. The van der Waals surface area contributed by atoms with E-state index in [1.54, 1.807) is 0 Å². The summed E-state index contributed by atoms with van der Waals surface area (Å²) < 4.78 is 0.862. The second kappa shape index (κ2) is 7.43. The molecule has 1 aromatic carbocycles. The Hall–Kier alpha value is -0.580. The zero-order valence-corrected chi connectivity index (χ0v) is 14.4. The van der Waals surface area contributed by atoms with Crippen molar-refractivity contribution in [2.75, 3.05) is 19.6 Å². The van der Waals surface area contributed by atoms with Crippen LogP contribution in [0.1, 0.15) is 35.7 Å². The maximum absolute atomic E-state index is 12.2. The molecule has 2 N–H and O–H groups in total. The molecule has 1 heterocycles. The third-order valence-corrected chi connectivity index (χ3v) is 4.51. The molecule has 0 atom stereocenters. The number of hydrogen-bond acceptors (Lipinski definition) is 2. The minimum atomic E-state index is 0. The van der Waals surface area contributed by atoms with Crippen molar-refractivity contribution >= 4 is 34.2 Å². The molecule has 1 aliphatic rings. The van der Waals surface area contributed by atoms with Crippen LogP contribution in [0.2, 0.25) is 0 Å². The molecule has 1 fully saturated rings. The summed E-state index contributed by atoms with van der Waals surface area (Å²) in [5.41, 5.74) is 2.08. The van der Waals surface area contributed by atoms with Crippen molar-refractivity contribution < 1.29 is 4.79 Å². The van der Waals surface area contributed by atoms with Crippen LogP contribution in [0.5, 0.6) is 0 Å². The Morgan fingerprint density at radius 2 is 2.05 bits per heavy atom. The third-order valence-electron chi connectivity index (χ3n) is 3.86. The molecule has 0 unspecified atom stereocenters. The lowest BCUT2D eigenvalue weighted by atomic mass is 9.81. The van der Waals surface area contributed by atoms with Gasteiger partial charge in [0.05, 0.1) is 5.56 Å². The highest BCUT2D eigenvalue weighted by atomic mass is 79.9. The van der Waals surface area contributed by atoms with Crippen molar-refractivity contribution in [3.8, 4) is 0 Å². The standard InChI is InChI=1S/C15H21BrN2O.ClH/c1-11-3-4-12(13(16)9-11)14(19)18-10-15(2)5-7-17-8-6-15;/h3-4,9,17H,5-8,10H2,1-2H3,(H,18,19);1H. The average molecular weight is 362 g/mol. The maximum atomic E-state index is 12.2. The molecule has 0 saturated carbocycles. The van der Waals surface area contributed by atoms with E-state index < -0.39 is 0 Å². The van der Waals surface area contributed by atoms with E-state index in [0.717, 1.165) is 42.5 Å². The molecule has 1 amide bonds. The fourth-order valence-electron chi connectivity index (χ4n) is 2.40. The fourth-order valence-corrected chi connectivity index (χ4v) is 3.07. The van der Waals surface area contributed by atoms with E-state index >= 15 is 0 Å². The average Bonchev–Trinajstić information content (AvgIpc) is 2.37. The summed E-state index contributed by atoms with van der Waals surface area (Å²) in [4.78, 5) is 12.2. The molecule has 0 radical (unpaired) electrons. The van der Waals surface area contributed by atoms with Crippen LogP contribution in [0.4, 0.5) is 0 Å². The van der Waals surface area contributed by atoms with Gasteiger partial charge in [0.25, 0.3) is 5.91 Å². The lowest BCUT2D eigenvalue weighted by Crippen LogP contribution is -2.42. The Balaban J connectivity index is 0.00000200. The first-order valence-electron chi connectivity index (χ1n) is 6.75. The number of piperidine rings is 1. The molecule has 20 heavy (non-hydrogen) atoms. The number of nitrogens with one attached hydrogen (secondary N) is 2. The molecular weight excluding hydrogens is 340 g/mol. The van der Waals surface area contributed by atoms with Gasteiger partial charge in [0.2, 0.25) is 0 Å². The predicted octanol–water partition coefficient (Wildman–Crippen LogP) is 3.30. The largest absolute Gasteiger partial charge is 0.351 e. The summed E-state index contributed by atoms with van der Waals surface area (Å²) in [5, 5.41) is 6.43. The second-order valence-electron chi connectivity index (χ2n) is 5.73. The van der Waals surface area contributed by atoms with Gasteiger partial charge in [-0.15, -0.1) is 12.4 Å². The zero-order chi connectivity index (χ0) is 13.9. The number of carbonyl (C=O) groups excluding carboxylic acids is 1. The monoisotopic (exact) mass is 360 g/mol. The summed E-state index contributed by atoms with van der Waals surface area (Å²) in [6.07, 6.45) is 2.23. The highest BCUT2D eigenvalue weighted by Gasteiger charge is 2.27. The number of rotatable bonds is 3. The maximum Gasteiger partial charge on any atom is 0.252 e. The van der Waals surface area contributed by atoms with E-state index in [0.29, 0.717) is 5.56 Å². The van der Waals surface area contributed by atoms with Gasteiger partial charge >= 0.3 is 0 Å². The first-order valence-corrected chi connectivity index (χ1v) is 7.55. The van der Waals surface area contributed by atoms with Gasteiger partial charge in [-0.25, -0.2) is 0 Å². The first kappa shape index (κ1) is 17.5. The van der Waals surface area contributed by atoms with Crippen molar-refractivity contribution in [1.82, 2.24) is 10.6 Å². The van der Waals surface area contributed by atoms with Gasteiger partial charge in [-0.1, -0.05) is 13.0 Å². The molecule has 1 saturated heterocycles. The van der Waals surface area contributed by atoms with E-state index in [2.05, 4.69) is 33.5 Å². The van der Waals surface area contributed by atoms with Crippen LogP contribution in [0, 0.1) is 12.3 Å². The minimum absolute atomic E-state index is 0. The molecule has 0 spiro atoms. The number of benzene rings is 1. The van der Waals surface area contributed by atoms with Gasteiger partial charge in [-0.3, -0.25) is 4.79 Å². The molecule has 1 aliphatic heterocycles. The molecule has 0 aliphatic carbocycles. The smallest absolute Gasteiger partial charge is 0.252 e. The predicted molar refractivity (Wildman–Crippen MR) is 88.7 cm³/mol. The summed E-state index contributed by atoms with van der Waals surface area (Å²) >= 11 is 3.46. The van der Waals surface area contributed by atoms with E-state index in [1.165, 1.54) is 0 Å². The molecule has 3 nitrogen and oxygen atoms in total. The summed E-state index contributed by atoms with van der Waals surface area (Å²) in [6.45, 7) is 7.09. The van der Waals surface area contributed by atoms with Gasteiger partial charge in [0.1, 0.15) is 0 Å². The van der Waals surface area contributed by atoms with Crippen LogP contribution in [0.15, 0.2) is 22.7 Å². The van der Waals surface area contributed by atoms with Gasteiger partial charge in [0.15, 0.2) is 0 Å². The van der Waals surface area contributed by atoms with Crippen molar-refractivity contribution in [3.63, 3.8) is 0 Å². The summed E-state index contributed by atoms with van der Waals surface area (Å²) in [7, 11) is 0. The van der Waals surface area contributed by atoms with E-state index in [9.17, 15) is 4.79 Å². The van der Waals surface area contributed by atoms with Gasteiger partial charge < -0.3 is 10.6 Å². The highest BCUT2D eigenvalue weighted by Crippen LogP contribution is 2.27. The number of hydrogen-bond donors (Lipinski definition) is 2. The normalized spacial score (nSPS) is 17.1. The zero-order valence-electron chi connectivity index (χ0n) is 12.0. The van der Waals surface area contributed by atoms with Crippen LogP contribution in [-0.2, 0) is 0 Å². The summed E-state index contributed by atoms with van der Waals surface area (Å²) in [6, 6.07) is 5.81. The molecule has 5 heteroatoms. The highest BCUT2D eigenvalue weighted by molar-refractivity contribution is 9.10. The van der Waals surface area contributed by atoms with E-state index in [4.69, 9.17) is 0 Å². The number of amides is 1. The van der Waals surface area contributed by atoms with E-state index in [1.807, 2.05) is 25.1 Å². The van der Waals surface area contributed by atoms with Crippen LogP contribution >= 0.6 is 28.3 Å². The Labute approximate surface area is 135 Å². The quantitative estimate of drug-likeness (QED) is 0.867. The fraction of sp³-hybridized carbons (Fsp3) is 0.533. The molecule has 1 aromatic rings. The SMILES string of the molecule is Cc1ccc(C(=O)NCC2(C)CCNCC2)c(Br)c1.Cl. The molecule has 112 valence electrons. The molecule has 2 rings (SSSR count). The van der Waals surface area contributed by atoms with Crippen molar-refractivity contribution in [1.29, 1.82) is 0 Å². The number of halogens is 2. The molecule has 0 bridgehead atoms. The summed E-state index contributed by atoms with van der Waals surface area (Å²) in [5.74, 6) is 0.00614. The second-order valence-corrected chi connectivity index (χ2v) is 6.58. The Bertz CT molecular complexity index is 473. The lowest BCUT2D eigenvalue weighted by molar-refractivity contribution is 0.0921. The van der Waals surface area contributed by atoms with Crippen molar-refractivity contribution in [3.05, 3.63) is 33.8 Å². The lowest BCUT2D eigenvalue weighted by Gasteiger charge is -2.34. The Morgan fingerprint density at radius 1 is 1.40 bits per heavy atom. The Kier molecular flexibility index (Phi) is 6.49. The topological polar surface area (TPSA) is 41.1 Å². The van der Waals surface area contributed by atoms with E-state index in [-0.39, 0.29) is 23.7 Å². The van der Waals surface area contributed by atoms with Crippen LogP contribution in [0.3, 0.4) is 0 Å².